The Morgan fingerprint density at radius 2 is 1.67 bits per heavy atom. The van der Waals surface area contributed by atoms with Gasteiger partial charge in [-0.05, 0) is 17.4 Å². The van der Waals surface area contributed by atoms with Crippen molar-refractivity contribution in [3.63, 3.8) is 0 Å². The minimum Gasteiger partial charge on any atom is -0.321 e. The summed E-state index contributed by atoms with van der Waals surface area (Å²) in [4.78, 5) is 0. The van der Waals surface area contributed by atoms with Crippen LogP contribution in [0, 0.1) is 5.41 Å². The predicted molar refractivity (Wildman–Crippen MR) is 50.7 cm³/mol. The Balaban J connectivity index is 2.35. The Hall–Kier alpha value is -0.820. The number of benzene rings is 1. The summed E-state index contributed by atoms with van der Waals surface area (Å²) in [5.41, 5.74) is 7.74. The van der Waals surface area contributed by atoms with Crippen molar-refractivity contribution in [2.24, 2.45) is 11.1 Å². The van der Waals surface area contributed by atoms with Crippen molar-refractivity contribution in [2.75, 3.05) is 0 Å². The maximum absolute atomic E-state index is 6.25. The highest BCUT2D eigenvalue weighted by Gasteiger charge is 2.59. The summed E-state index contributed by atoms with van der Waals surface area (Å²) in [6, 6.07) is 10.4. The van der Waals surface area contributed by atoms with Crippen LogP contribution < -0.4 is 5.73 Å². The molecule has 1 unspecified atom stereocenters. The third kappa shape index (κ3) is 0.896. The first-order chi connectivity index (χ1) is 5.56. The molecule has 0 bridgehead atoms. The van der Waals surface area contributed by atoms with E-state index in [0.29, 0.717) is 0 Å². The van der Waals surface area contributed by atoms with Gasteiger partial charge in [0.05, 0.1) is 0 Å². The topological polar surface area (TPSA) is 26.0 Å². The molecule has 1 nitrogen and oxygen atoms in total. The largest absolute Gasteiger partial charge is 0.321 e. The zero-order valence-corrected chi connectivity index (χ0v) is 7.67. The molecule has 2 rings (SSSR count). The molecule has 0 saturated heterocycles. The van der Waals surface area contributed by atoms with Crippen molar-refractivity contribution < 1.29 is 0 Å². The van der Waals surface area contributed by atoms with Crippen LogP contribution in [0.2, 0.25) is 0 Å². The van der Waals surface area contributed by atoms with Gasteiger partial charge in [-0.15, -0.1) is 0 Å². The van der Waals surface area contributed by atoms with Crippen LogP contribution >= 0.6 is 0 Å². The van der Waals surface area contributed by atoms with Gasteiger partial charge in [-0.2, -0.15) is 0 Å². The van der Waals surface area contributed by atoms with Crippen LogP contribution in [0.25, 0.3) is 0 Å². The molecule has 1 saturated carbocycles. The molecule has 1 aliphatic rings. The maximum Gasteiger partial charge on any atom is 0.0468 e. The lowest BCUT2D eigenvalue weighted by molar-refractivity contribution is 0.510. The van der Waals surface area contributed by atoms with Crippen LogP contribution in [0.5, 0.6) is 0 Å². The molecule has 12 heavy (non-hydrogen) atoms. The second-order valence-corrected chi connectivity index (χ2v) is 4.40. The Labute approximate surface area is 73.6 Å². The molecule has 0 heterocycles. The van der Waals surface area contributed by atoms with Gasteiger partial charge in [-0.3, -0.25) is 0 Å². The van der Waals surface area contributed by atoms with E-state index in [1.54, 1.807) is 0 Å². The molecular formula is C11H15N. The van der Waals surface area contributed by atoms with E-state index in [9.17, 15) is 0 Å². The summed E-state index contributed by atoms with van der Waals surface area (Å²) in [7, 11) is 0. The van der Waals surface area contributed by atoms with Crippen molar-refractivity contribution in [2.45, 2.75) is 25.8 Å². The smallest absolute Gasteiger partial charge is 0.0468 e. The quantitative estimate of drug-likeness (QED) is 0.671. The standard InChI is InChI=1S/C11H15N/c1-10(2)8-11(10,12)9-6-4-3-5-7-9/h3-7H,8,12H2,1-2H3. The number of hydrogen-bond donors (Lipinski definition) is 1. The van der Waals surface area contributed by atoms with Crippen LogP contribution in [0.15, 0.2) is 30.3 Å². The van der Waals surface area contributed by atoms with E-state index in [-0.39, 0.29) is 11.0 Å². The van der Waals surface area contributed by atoms with Gasteiger partial charge in [-0.1, -0.05) is 44.2 Å². The first kappa shape index (κ1) is 7.81. The first-order valence-corrected chi connectivity index (χ1v) is 4.41. The number of hydrogen-bond acceptors (Lipinski definition) is 1. The third-order valence-corrected chi connectivity index (χ3v) is 3.09. The summed E-state index contributed by atoms with van der Waals surface area (Å²) in [6.07, 6.45) is 1.10. The highest BCUT2D eigenvalue weighted by Crippen LogP contribution is 2.60. The number of rotatable bonds is 1. The Kier molecular flexibility index (Phi) is 1.37. The molecule has 2 N–H and O–H groups in total. The van der Waals surface area contributed by atoms with E-state index in [1.165, 1.54) is 5.56 Å². The van der Waals surface area contributed by atoms with E-state index >= 15 is 0 Å². The van der Waals surface area contributed by atoms with Crippen molar-refractivity contribution in [1.29, 1.82) is 0 Å². The van der Waals surface area contributed by atoms with Crippen LogP contribution in [-0.4, -0.2) is 0 Å². The predicted octanol–water partition coefficient (Wildman–Crippen LogP) is 2.27. The molecule has 0 aliphatic heterocycles. The van der Waals surface area contributed by atoms with Crippen LogP contribution in [-0.2, 0) is 5.54 Å². The van der Waals surface area contributed by atoms with Crippen molar-refractivity contribution in [3.05, 3.63) is 35.9 Å². The monoisotopic (exact) mass is 161 g/mol. The Bertz CT molecular complexity index is 289. The van der Waals surface area contributed by atoms with E-state index < -0.39 is 0 Å². The van der Waals surface area contributed by atoms with Gasteiger partial charge in [0.25, 0.3) is 0 Å². The minimum absolute atomic E-state index is 0.0612. The molecular weight excluding hydrogens is 146 g/mol. The lowest BCUT2D eigenvalue weighted by Gasteiger charge is -2.14. The van der Waals surface area contributed by atoms with Gasteiger partial charge in [0.15, 0.2) is 0 Å². The highest BCUT2D eigenvalue weighted by atomic mass is 14.9. The molecule has 0 aromatic heterocycles. The molecule has 1 heteroatoms. The number of nitrogens with two attached hydrogens (primary N) is 1. The van der Waals surface area contributed by atoms with E-state index in [2.05, 4.69) is 38.1 Å². The fraction of sp³-hybridized carbons (Fsp3) is 0.455. The summed E-state index contributed by atoms with van der Waals surface area (Å²) < 4.78 is 0. The minimum atomic E-state index is -0.0612. The average molecular weight is 161 g/mol. The SMILES string of the molecule is CC1(C)CC1(N)c1ccccc1. The van der Waals surface area contributed by atoms with Crippen LogP contribution in [0.1, 0.15) is 25.8 Å². The maximum atomic E-state index is 6.25. The molecule has 1 atom stereocenters. The van der Waals surface area contributed by atoms with Gasteiger partial charge < -0.3 is 5.73 Å². The lowest BCUT2D eigenvalue weighted by atomic mass is 9.97. The molecule has 1 fully saturated rings. The van der Waals surface area contributed by atoms with Gasteiger partial charge in [-0.25, -0.2) is 0 Å². The Morgan fingerprint density at radius 1 is 1.17 bits per heavy atom. The fourth-order valence-corrected chi connectivity index (χ4v) is 1.88. The van der Waals surface area contributed by atoms with E-state index in [4.69, 9.17) is 5.73 Å². The lowest BCUT2D eigenvalue weighted by Crippen LogP contribution is -2.25. The molecule has 0 amide bonds. The van der Waals surface area contributed by atoms with Crippen molar-refractivity contribution >= 4 is 0 Å². The fourth-order valence-electron chi connectivity index (χ4n) is 1.88. The average Bonchev–Trinajstić information content (AvgIpc) is 2.55. The van der Waals surface area contributed by atoms with Crippen LogP contribution in [0.4, 0.5) is 0 Å². The first-order valence-electron chi connectivity index (χ1n) is 4.41. The second-order valence-electron chi connectivity index (χ2n) is 4.40. The van der Waals surface area contributed by atoms with Gasteiger partial charge in [0, 0.05) is 5.54 Å². The molecule has 0 radical (unpaired) electrons. The Morgan fingerprint density at radius 3 is 2.08 bits per heavy atom. The van der Waals surface area contributed by atoms with Gasteiger partial charge in [0.1, 0.15) is 0 Å². The summed E-state index contributed by atoms with van der Waals surface area (Å²) in [5.74, 6) is 0. The van der Waals surface area contributed by atoms with Gasteiger partial charge >= 0.3 is 0 Å². The zero-order valence-electron chi connectivity index (χ0n) is 7.67. The molecule has 1 aromatic carbocycles. The third-order valence-electron chi connectivity index (χ3n) is 3.09. The highest BCUT2D eigenvalue weighted by molar-refractivity contribution is 5.34. The van der Waals surface area contributed by atoms with Crippen molar-refractivity contribution in [1.82, 2.24) is 0 Å². The van der Waals surface area contributed by atoms with Crippen molar-refractivity contribution in [3.8, 4) is 0 Å². The molecule has 0 spiro atoms. The summed E-state index contributed by atoms with van der Waals surface area (Å²) in [5, 5.41) is 0. The summed E-state index contributed by atoms with van der Waals surface area (Å²) >= 11 is 0. The molecule has 1 aromatic rings. The van der Waals surface area contributed by atoms with Gasteiger partial charge in [0.2, 0.25) is 0 Å². The zero-order chi connectivity index (χ0) is 8.82. The normalized spacial score (nSPS) is 31.6. The van der Waals surface area contributed by atoms with Crippen LogP contribution in [0.3, 0.4) is 0 Å². The van der Waals surface area contributed by atoms with E-state index in [1.807, 2.05) is 6.07 Å². The van der Waals surface area contributed by atoms with E-state index in [0.717, 1.165) is 6.42 Å². The molecule has 64 valence electrons. The molecule has 1 aliphatic carbocycles. The summed E-state index contributed by atoms with van der Waals surface area (Å²) in [6.45, 7) is 4.44. The second kappa shape index (κ2) is 2.11.